The topological polar surface area (TPSA) is 37.8 Å². The molecule has 0 radical (unpaired) electrons. The van der Waals surface area contributed by atoms with Crippen molar-refractivity contribution >= 4 is 27.3 Å². The highest BCUT2D eigenvalue weighted by atomic mass is 79.9. The number of nitrogens with zero attached hydrogens (tertiary/aromatic N) is 2. The van der Waals surface area contributed by atoms with E-state index < -0.39 is 0 Å². The molecule has 0 spiro atoms. The number of fused-ring (bicyclic) bond motifs is 1. The van der Waals surface area contributed by atoms with Crippen molar-refractivity contribution in [2.24, 2.45) is 5.41 Å². The fraction of sp³-hybridized carbons (Fsp3) is 0.500. The molecule has 2 aromatic rings. The molecule has 0 aliphatic heterocycles. The lowest BCUT2D eigenvalue weighted by Crippen LogP contribution is -2.32. The van der Waals surface area contributed by atoms with Gasteiger partial charge in [-0.15, -0.1) is 11.3 Å². The van der Waals surface area contributed by atoms with Crippen LogP contribution in [0.25, 0.3) is 10.6 Å². The van der Waals surface area contributed by atoms with E-state index in [4.69, 9.17) is 4.98 Å². The maximum atomic E-state index is 4.91. The zero-order valence-electron chi connectivity index (χ0n) is 12.6. The largest absolute Gasteiger partial charge is 0.309 e. The Morgan fingerprint density at radius 1 is 1.43 bits per heavy atom. The van der Waals surface area contributed by atoms with Gasteiger partial charge in [-0.05, 0) is 46.8 Å². The first-order valence-corrected chi connectivity index (χ1v) is 8.93. The molecule has 1 unspecified atom stereocenters. The van der Waals surface area contributed by atoms with Crippen LogP contribution in [0.4, 0.5) is 0 Å². The van der Waals surface area contributed by atoms with Crippen LogP contribution in [0, 0.1) is 5.41 Å². The van der Waals surface area contributed by atoms with E-state index in [9.17, 15) is 0 Å². The first-order chi connectivity index (χ1) is 9.98. The average molecular weight is 366 g/mol. The molecule has 0 fully saturated rings. The Labute approximate surface area is 138 Å². The van der Waals surface area contributed by atoms with E-state index in [-0.39, 0.29) is 0 Å². The van der Waals surface area contributed by atoms with Gasteiger partial charge in [0.1, 0.15) is 5.01 Å². The second kappa shape index (κ2) is 5.78. The fourth-order valence-electron chi connectivity index (χ4n) is 3.00. The van der Waals surface area contributed by atoms with Crippen LogP contribution in [0.15, 0.2) is 22.9 Å². The number of hydrogen-bond acceptors (Lipinski definition) is 4. The van der Waals surface area contributed by atoms with Crippen molar-refractivity contribution in [1.29, 1.82) is 0 Å². The Bertz CT molecular complexity index is 651. The number of aromatic nitrogens is 2. The third-order valence-corrected chi connectivity index (χ3v) is 5.54. The number of thiazole rings is 1. The summed E-state index contributed by atoms with van der Waals surface area (Å²) < 4.78 is 0.997. The van der Waals surface area contributed by atoms with Crippen LogP contribution in [-0.2, 0) is 6.42 Å². The van der Waals surface area contributed by atoms with Crippen LogP contribution in [0.5, 0.6) is 0 Å². The molecule has 0 bridgehead atoms. The number of nitrogens with one attached hydrogen (secondary N) is 1. The third kappa shape index (κ3) is 3.20. The van der Waals surface area contributed by atoms with Crippen LogP contribution in [0.2, 0.25) is 0 Å². The lowest BCUT2D eigenvalue weighted by atomic mass is 9.76. The highest BCUT2D eigenvalue weighted by Gasteiger charge is 2.34. The summed E-state index contributed by atoms with van der Waals surface area (Å²) in [6, 6.07) is 2.52. The van der Waals surface area contributed by atoms with Crippen molar-refractivity contribution in [1.82, 2.24) is 15.3 Å². The summed E-state index contributed by atoms with van der Waals surface area (Å²) >= 11 is 5.30. The summed E-state index contributed by atoms with van der Waals surface area (Å²) in [5, 5.41) is 4.70. The van der Waals surface area contributed by atoms with Crippen molar-refractivity contribution in [3.05, 3.63) is 33.5 Å². The molecule has 2 aromatic heterocycles. The maximum Gasteiger partial charge on any atom is 0.125 e. The van der Waals surface area contributed by atoms with E-state index in [2.05, 4.69) is 53.1 Å². The number of rotatable bonds is 3. The Morgan fingerprint density at radius 3 is 2.95 bits per heavy atom. The predicted molar refractivity (Wildman–Crippen MR) is 91.6 cm³/mol. The molecule has 0 saturated carbocycles. The molecule has 21 heavy (non-hydrogen) atoms. The zero-order valence-corrected chi connectivity index (χ0v) is 15.0. The molecule has 0 saturated heterocycles. The third-order valence-electron chi connectivity index (χ3n) is 3.85. The second-order valence-corrected chi connectivity index (χ2v) is 8.32. The number of hydrogen-bond donors (Lipinski definition) is 1. The molecule has 3 nitrogen and oxygen atoms in total. The summed E-state index contributed by atoms with van der Waals surface area (Å²) in [4.78, 5) is 10.6. The minimum absolute atomic E-state index is 0.306. The molecule has 0 amide bonds. The van der Waals surface area contributed by atoms with Gasteiger partial charge in [0.2, 0.25) is 0 Å². The van der Waals surface area contributed by atoms with Gasteiger partial charge < -0.3 is 5.32 Å². The van der Waals surface area contributed by atoms with Crippen LogP contribution in [-0.4, -0.2) is 16.5 Å². The first kappa shape index (κ1) is 15.1. The number of halogens is 1. The van der Waals surface area contributed by atoms with Gasteiger partial charge in [0, 0.05) is 33.3 Å². The van der Waals surface area contributed by atoms with Crippen molar-refractivity contribution in [2.45, 2.75) is 39.7 Å². The molecular formula is C16H20BrN3S. The molecule has 1 atom stereocenters. The van der Waals surface area contributed by atoms with Crippen molar-refractivity contribution in [3.63, 3.8) is 0 Å². The van der Waals surface area contributed by atoms with Crippen molar-refractivity contribution < 1.29 is 0 Å². The second-order valence-electron chi connectivity index (χ2n) is 6.38. The van der Waals surface area contributed by atoms with Gasteiger partial charge >= 0.3 is 0 Å². The predicted octanol–water partition coefficient (Wildman–Crippen LogP) is 4.59. The van der Waals surface area contributed by atoms with Gasteiger partial charge in [-0.3, -0.25) is 4.98 Å². The molecule has 5 heteroatoms. The Kier molecular flexibility index (Phi) is 4.17. The van der Waals surface area contributed by atoms with Gasteiger partial charge in [0.25, 0.3) is 0 Å². The zero-order chi connectivity index (χ0) is 15.0. The summed E-state index contributed by atoms with van der Waals surface area (Å²) in [7, 11) is 0. The highest BCUT2D eigenvalue weighted by Crippen LogP contribution is 2.44. The van der Waals surface area contributed by atoms with E-state index in [1.807, 2.05) is 23.7 Å². The van der Waals surface area contributed by atoms with Gasteiger partial charge in [0.15, 0.2) is 0 Å². The lowest BCUT2D eigenvalue weighted by molar-refractivity contribution is 0.260. The van der Waals surface area contributed by atoms with Crippen LogP contribution < -0.4 is 5.32 Å². The van der Waals surface area contributed by atoms with Crippen LogP contribution >= 0.6 is 27.3 Å². The van der Waals surface area contributed by atoms with Gasteiger partial charge in [-0.25, -0.2) is 4.98 Å². The SMILES string of the molecule is CCNC1CC(C)(C)Cc2nc(-c3cncc(Br)c3)sc21. The monoisotopic (exact) mass is 365 g/mol. The quantitative estimate of drug-likeness (QED) is 0.863. The van der Waals surface area contributed by atoms with Crippen LogP contribution in [0.1, 0.15) is 43.8 Å². The lowest BCUT2D eigenvalue weighted by Gasteiger charge is -2.34. The van der Waals surface area contributed by atoms with Gasteiger partial charge in [-0.2, -0.15) is 0 Å². The van der Waals surface area contributed by atoms with E-state index in [1.165, 1.54) is 17.0 Å². The first-order valence-electron chi connectivity index (χ1n) is 7.32. The van der Waals surface area contributed by atoms with Crippen molar-refractivity contribution in [2.75, 3.05) is 6.54 Å². The molecule has 3 rings (SSSR count). The Balaban J connectivity index is 2.01. The highest BCUT2D eigenvalue weighted by molar-refractivity contribution is 9.10. The minimum Gasteiger partial charge on any atom is -0.309 e. The average Bonchev–Trinajstić information content (AvgIpc) is 2.81. The van der Waals surface area contributed by atoms with E-state index in [0.717, 1.165) is 28.0 Å². The molecular weight excluding hydrogens is 346 g/mol. The van der Waals surface area contributed by atoms with Crippen LogP contribution in [0.3, 0.4) is 0 Å². The standard InChI is InChI=1S/C16H20BrN3S/c1-4-19-12-6-16(2,3)7-13-14(12)21-15(20-13)10-5-11(17)9-18-8-10/h5,8-9,12,19H,4,6-7H2,1-3H3. The normalized spacial score (nSPS) is 20.3. The van der Waals surface area contributed by atoms with Gasteiger partial charge in [0.05, 0.1) is 5.69 Å². The summed E-state index contributed by atoms with van der Waals surface area (Å²) in [5.41, 5.74) is 2.66. The van der Waals surface area contributed by atoms with E-state index in [1.54, 1.807) is 0 Å². The molecule has 1 N–H and O–H groups in total. The minimum atomic E-state index is 0.306. The molecule has 1 aliphatic carbocycles. The summed E-state index contributed by atoms with van der Waals surface area (Å²) in [6.07, 6.45) is 5.93. The summed E-state index contributed by atoms with van der Waals surface area (Å²) in [6.45, 7) is 7.83. The smallest absolute Gasteiger partial charge is 0.125 e. The van der Waals surface area contributed by atoms with Gasteiger partial charge in [-0.1, -0.05) is 20.8 Å². The maximum absolute atomic E-state index is 4.91. The molecule has 0 aromatic carbocycles. The number of pyridine rings is 1. The Hall–Kier alpha value is -0.780. The molecule has 112 valence electrons. The van der Waals surface area contributed by atoms with E-state index in [0.29, 0.717) is 11.5 Å². The molecule has 2 heterocycles. The summed E-state index contributed by atoms with van der Waals surface area (Å²) in [5.74, 6) is 0. The van der Waals surface area contributed by atoms with Crippen molar-refractivity contribution in [3.8, 4) is 10.6 Å². The molecule has 1 aliphatic rings. The van der Waals surface area contributed by atoms with E-state index >= 15 is 0 Å². The Morgan fingerprint density at radius 2 is 2.24 bits per heavy atom. The fourth-order valence-corrected chi connectivity index (χ4v) is 4.50.